The van der Waals surface area contributed by atoms with Crippen molar-refractivity contribution >= 4 is 22.4 Å². The molecular formula is C19H18N6O3S. The number of hydrogen-bond acceptors (Lipinski definition) is 7. The van der Waals surface area contributed by atoms with E-state index >= 15 is 0 Å². The van der Waals surface area contributed by atoms with Gasteiger partial charge in [0.05, 0.1) is 31.8 Å². The number of rotatable bonds is 6. The molecule has 3 heterocycles. The zero-order valence-electron chi connectivity index (χ0n) is 16.0. The van der Waals surface area contributed by atoms with Crippen LogP contribution in [0.1, 0.15) is 10.5 Å². The van der Waals surface area contributed by atoms with Gasteiger partial charge < -0.3 is 9.47 Å². The van der Waals surface area contributed by atoms with Crippen LogP contribution in [0.3, 0.4) is 0 Å². The lowest BCUT2D eigenvalue weighted by molar-refractivity contribution is 0.102. The van der Waals surface area contributed by atoms with E-state index < -0.39 is 0 Å². The third-order valence-electron chi connectivity index (χ3n) is 4.23. The van der Waals surface area contributed by atoms with Gasteiger partial charge in [-0.1, -0.05) is 0 Å². The van der Waals surface area contributed by atoms with Crippen LogP contribution in [0.25, 0.3) is 22.5 Å². The van der Waals surface area contributed by atoms with Gasteiger partial charge in [-0.05, 0) is 18.2 Å². The molecule has 29 heavy (non-hydrogen) atoms. The molecule has 0 saturated heterocycles. The zero-order chi connectivity index (χ0) is 20.4. The highest BCUT2D eigenvalue weighted by molar-refractivity contribution is 7.14. The normalized spacial score (nSPS) is 10.7. The van der Waals surface area contributed by atoms with E-state index in [0.717, 1.165) is 16.8 Å². The van der Waals surface area contributed by atoms with E-state index in [1.54, 1.807) is 37.2 Å². The highest BCUT2D eigenvalue weighted by atomic mass is 32.1. The van der Waals surface area contributed by atoms with Gasteiger partial charge in [0, 0.05) is 35.8 Å². The molecule has 0 bridgehead atoms. The summed E-state index contributed by atoms with van der Waals surface area (Å²) in [6, 6.07) is 7.06. The standard InChI is InChI=1S/C19H18N6O3S/c1-25-9-11(8-20-25)16-10-29-19(21-16)22-18(26)15-7-14(23-24-15)13-5-4-12(27-2)6-17(13)28-3/h4-10H,1-3H3,(H,23,24)(H,21,22,26). The monoisotopic (exact) mass is 410 g/mol. The lowest BCUT2D eigenvalue weighted by Crippen LogP contribution is -2.12. The Morgan fingerprint density at radius 3 is 2.79 bits per heavy atom. The summed E-state index contributed by atoms with van der Waals surface area (Å²) in [4.78, 5) is 17.0. The number of H-pyrrole nitrogens is 1. The molecule has 9 nitrogen and oxygen atoms in total. The summed E-state index contributed by atoms with van der Waals surface area (Å²) in [5, 5.41) is 16.3. The molecule has 0 saturated carbocycles. The fraction of sp³-hybridized carbons (Fsp3) is 0.158. The summed E-state index contributed by atoms with van der Waals surface area (Å²) >= 11 is 1.34. The van der Waals surface area contributed by atoms with Crippen LogP contribution < -0.4 is 14.8 Å². The molecule has 0 fully saturated rings. The first-order valence-electron chi connectivity index (χ1n) is 8.61. The second-order valence-electron chi connectivity index (χ2n) is 6.13. The number of amides is 1. The molecule has 0 aliphatic rings. The minimum atomic E-state index is -0.330. The molecule has 10 heteroatoms. The van der Waals surface area contributed by atoms with Gasteiger partial charge in [0.1, 0.15) is 17.2 Å². The molecular weight excluding hydrogens is 392 g/mol. The van der Waals surface area contributed by atoms with Gasteiger partial charge in [-0.25, -0.2) is 4.98 Å². The predicted octanol–water partition coefficient (Wildman–Crippen LogP) is 3.20. The van der Waals surface area contributed by atoms with Crippen molar-refractivity contribution in [1.29, 1.82) is 0 Å². The Bertz CT molecular complexity index is 1160. The zero-order valence-corrected chi connectivity index (χ0v) is 16.8. The summed E-state index contributed by atoms with van der Waals surface area (Å²) < 4.78 is 12.3. The number of thiazole rings is 1. The molecule has 0 atom stereocenters. The maximum Gasteiger partial charge on any atom is 0.275 e. The SMILES string of the molecule is COc1ccc(-c2cc(C(=O)Nc3nc(-c4cnn(C)c4)cs3)[nH]n2)c(OC)c1. The average Bonchev–Trinajstić information content (AvgIpc) is 3.48. The Morgan fingerprint density at radius 1 is 1.21 bits per heavy atom. The van der Waals surface area contributed by atoms with Gasteiger partial charge in [0.25, 0.3) is 5.91 Å². The first kappa shape index (κ1) is 18.7. The molecule has 4 aromatic rings. The Labute approximate surface area is 170 Å². The summed E-state index contributed by atoms with van der Waals surface area (Å²) in [6.07, 6.45) is 3.59. The number of aryl methyl sites for hydroxylation is 1. The number of nitrogens with zero attached hydrogens (tertiary/aromatic N) is 4. The number of hydrogen-bond donors (Lipinski definition) is 2. The smallest absolute Gasteiger partial charge is 0.275 e. The number of aromatic nitrogens is 5. The molecule has 0 unspecified atom stereocenters. The quantitative estimate of drug-likeness (QED) is 0.505. The fourth-order valence-corrected chi connectivity index (χ4v) is 3.48. The number of ether oxygens (including phenoxy) is 2. The van der Waals surface area contributed by atoms with E-state index in [2.05, 4.69) is 25.6 Å². The Kier molecular flexibility index (Phi) is 5.00. The molecule has 3 aromatic heterocycles. The topological polar surface area (TPSA) is 107 Å². The number of anilines is 1. The van der Waals surface area contributed by atoms with Gasteiger partial charge in [0.15, 0.2) is 5.13 Å². The van der Waals surface area contributed by atoms with Crippen LogP contribution >= 0.6 is 11.3 Å². The predicted molar refractivity (Wildman–Crippen MR) is 109 cm³/mol. The lowest BCUT2D eigenvalue weighted by atomic mass is 10.1. The number of carbonyl (C=O) groups excluding carboxylic acids is 1. The van der Waals surface area contributed by atoms with Crippen molar-refractivity contribution in [1.82, 2.24) is 25.0 Å². The number of methoxy groups -OCH3 is 2. The molecule has 0 radical (unpaired) electrons. The van der Waals surface area contributed by atoms with Crippen molar-refractivity contribution in [2.24, 2.45) is 7.05 Å². The second kappa shape index (κ2) is 7.76. The maximum atomic E-state index is 12.6. The molecule has 4 rings (SSSR count). The number of nitrogens with one attached hydrogen (secondary N) is 2. The summed E-state index contributed by atoms with van der Waals surface area (Å²) in [5.41, 5.74) is 3.30. The van der Waals surface area contributed by atoms with E-state index in [0.29, 0.717) is 28.0 Å². The van der Waals surface area contributed by atoms with E-state index in [-0.39, 0.29) is 5.91 Å². The van der Waals surface area contributed by atoms with Crippen LogP contribution in [-0.4, -0.2) is 45.1 Å². The van der Waals surface area contributed by atoms with Gasteiger partial charge in [-0.15, -0.1) is 11.3 Å². The third-order valence-corrected chi connectivity index (χ3v) is 4.99. The highest BCUT2D eigenvalue weighted by Gasteiger charge is 2.16. The third kappa shape index (κ3) is 3.83. The summed E-state index contributed by atoms with van der Waals surface area (Å²) in [5.74, 6) is 0.944. The maximum absolute atomic E-state index is 12.6. The molecule has 148 valence electrons. The number of benzene rings is 1. The molecule has 1 amide bonds. The van der Waals surface area contributed by atoms with Crippen molar-refractivity contribution in [2.45, 2.75) is 0 Å². The van der Waals surface area contributed by atoms with Gasteiger partial charge in [-0.3, -0.25) is 19.9 Å². The van der Waals surface area contributed by atoms with Gasteiger partial charge in [0.2, 0.25) is 0 Å². The fourth-order valence-electron chi connectivity index (χ4n) is 2.77. The van der Waals surface area contributed by atoms with Crippen LogP contribution in [0.4, 0.5) is 5.13 Å². The lowest BCUT2D eigenvalue weighted by Gasteiger charge is -2.08. The minimum Gasteiger partial charge on any atom is -0.497 e. The van der Waals surface area contributed by atoms with Crippen molar-refractivity contribution in [2.75, 3.05) is 19.5 Å². The van der Waals surface area contributed by atoms with Crippen molar-refractivity contribution in [3.63, 3.8) is 0 Å². The van der Waals surface area contributed by atoms with Crippen LogP contribution in [0.5, 0.6) is 11.5 Å². The molecule has 0 aliphatic heterocycles. The molecule has 0 aliphatic carbocycles. The van der Waals surface area contributed by atoms with Crippen LogP contribution in [-0.2, 0) is 7.05 Å². The van der Waals surface area contributed by atoms with Crippen LogP contribution in [0.2, 0.25) is 0 Å². The van der Waals surface area contributed by atoms with Crippen molar-refractivity contribution in [3.8, 4) is 34.0 Å². The van der Waals surface area contributed by atoms with Crippen LogP contribution in [0, 0.1) is 0 Å². The molecule has 2 N–H and O–H groups in total. The molecule has 1 aromatic carbocycles. The first-order valence-corrected chi connectivity index (χ1v) is 9.49. The summed E-state index contributed by atoms with van der Waals surface area (Å²) in [7, 11) is 5.00. The van der Waals surface area contributed by atoms with E-state index in [9.17, 15) is 4.79 Å². The van der Waals surface area contributed by atoms with E-state index in [1.807, 2.05) is 30.8 Å². The van der Waals surface area contributed by atoms with Crippen molar-refractivity contribution < 1.29 is 14.3 Å². The largest absolute Gasteiger partial charge is 0.497 e. The first-order chi connectivity index (χ1) is 14.1. The van der Waals surface area contributed by atoms with E-state index in [1.165, 1.54) is 11.3 Å². The Morgan fingerprint density at radius 2 is 2.07 bits per heavy atom. The van der Waals surface area contributed by atoms with E-state index in [4.69, 9.17) is 9.47 Å². The average molecular weight is 410 g/mol. The van der Waals surface area contributed by atoms with Gasteiger partial charge >= 0.3 is 0 Å². The second-order valence-corrected chi connectivity index (χ2v) is 6.99. The molecule has 0 spiro atoms. The van der Waals surface area contributed by atoms with Crippen LogP contribution in [0.15, 0.2) is 42.0 Å². The summed E-state index contributed by atoms with van der Waals surface area (Å²) in [6.45, 7) is 0. The minimum absolute atomic E-state index is 0.316. The number of aromatic amines is 1. The Hall–Kier alpha value is -3.66. The number of carbonyl (C=O) groups is 1. The van der Waals surface area contributed by atoms with Crippen molar-refractivity contribution in [3.05, 3.63) is 47.7 Å². The highest BCUT2D eigenvalue weighted by Crippen LogP contribution is 2.32. The van der Waals surface area contributed by atoms with Gasteiger partial charge in [-0.2, -0.15) is 10.2 Å². The Balaban J connectivity index is 1.51.